The summed E-state index contributed by atoms with van der Waals surface area (Å²) < 4.78 is 11.2. The minimum absolute atomic E-state index is 0.397. The minimum atomic E-state index is -0.555. The van der Waals surface area contributed by atoms with E-state index in [0.29, 0.717) is 0 Å². The molecule has 0 amide bonds. The van der Waals surface area contributed by atoms with Crippen LogP contribution in [0.15, 0.2) is 24.3 Å². The Morgan fingerprint density at radius 2 is 1.84 bits per heavy atom. The zero-order valence-electron chi connectivity index (χ0n) is 11.9. The summed E-state index contributed by atoms with van der Waals surface area (Å²) in [5.41, 5.74) is 0.513. The van der Waals surface area contributed by atoms with Crippen molar-refractivity contribution in [2.45, 2.75) is 50.7 Å². The fourth-order valence-electron chi connectivity index (χ4n) is 2.83. The van der Waals surface area contributed by atoms with Gasteiger partial charge in [0.25, 0.3) is 0 Å². The highest BCUT2D eigenvalue weighted by molar-refractivity contribution is 5.30. The number of rotatable bonds is 6. The first-order valence-corrected chi connectivity index (χ1v) is 7.18. The van der Waals surface area contributed by atoms with Crippen LogP contribution in [0.2, 0.25) is 0 Å². The maximum absolute atomic E-state index is 10.6. The van der Waals surface area contributed by atoms with Crippen LogP contribution in [-0.4, -0.2) is 24.4 Å². The Hall–Kier alpha value is -1.06. The Balaban J connectivity index is 2.08. The summed E-state index contributed by atoms with van der Waals surface area (Å²) >= 11 is 0. The second-order valence-electron chi connectivity index (χ2n) is 5.30. The van der Waals surface area contributed by atoms with Crippen LogP contribution in [0, 0.1) is 0 Å². The first-order valence-electron chi connectivity index (χ1n) is 7.18. The SMILES string of the molecule is CCCOc1ccc(C(O)C2(OC)CCCC2)cc1. The Morgan fingerprint density at radius 3 is 2.37 bits per heavy atom. The van der Waals surface area contributed by atoms with Gasteiger partial charge in [-0.1, -0.05) is 31.9 Å². The van der Waals surface area contributed by atoms with Gasteiger partial charge in [-0.15, -0.1) is 0 Å². The highest BCUT2D eigenvalue weighted by Gasteiger charge is 2.41. The molecule has 0 radical (unpaired) electrons. The third-order valence-electron chi connectivity index (χ3n) is 4.02. The van der Waals surface area contributed by atoms with Crippen LogP contribution in [0.1, 0.15) is 50.7 Å². The molecule has 1 fully saturated rings. The minimum Gasteiger partial charge on any atom is -0.494 e. The molecular formula is C16H24O3. The fourth-order valence-corrected chi connectivity index (χ4v) is 2.83. The molecule has 2 rings (SSSR count). The quantitative estimate of drug-likeness (QED) is 0.855. The van der Waals surface area contributed by atoms with Gasteiger partial charge >= 0.3 is 0 Å². The number of aliphatic hydroxyl groups is 1. The van der Waals surface area contributed by atoms with Crippen molar-refractivity contribution in [1.82, 2.24) is 0 Å². The van der Waals surface area contributed by atoms with Gasteiger partial charge in [-0.05, 0) is 37.0 Å². The predicted molar refractivity (Wildman–Crippen MR) is 75.4 cm³/mol. The van der Waals surface area contributed by atoms with E-state index in [9.17, 15) is 5.11 Å². The zero-order valence-corrected chi connectivity index (χ0v) is 11.9. The van der Waals surface area contributed by atoms with Gasteiger partial charge in [-0.25, -0.2) is 0 Å². The van der Waals surface area contributed by atoms with Crippen molar-refractivity contribution in [1.29, 1.82) is 0 Å². The fraction of sp³-hybridized carbons (Fsp3) is 0.625. The number of hydrogen-bond acceptors (Lipinski definition) is 3. The van der Waals surface area contributed by atoms with E-state index >= 15 is 0 Å². The van der Waals surface area contributed by atoms with Crippen LogP contribution >= 0.6 is 0 Å². The van der Waals surface area contributed by atoms with Gasteiger partial charge in [0.2, 0.25) is 0 Å². The van der Waals surface area contributed by atoms with Gasteiger partial charge in [0.1, 0.15) is 11.9 Å². The highest BCUT2D eigenvalue weighted by Crippen LogP contribution is 2.42. The number of benzene rings is 1. The van der Waals surface area contributed by atoms with Crippen molar-refractivity contribution in [2.75, 3.05) is 13.7 Å². The van der Waals surface area contributed by atoms with Crippen molar-refractivity contribution in [3.8, 4) is 5.75 Å². The van der Waals surface area contributed by atoms with Crippen molar-refractivity contribution in [3.05, 3.63) is 29.8 Å². The summed E-state index contributed by atoms with van der Waals surface area (Å²) in [7, 11) is 1.70. The molecule has 3 nitrogen and oxygen atoms in total. The van der Waals surface area contributed by atoms with E-state index in [1.807, 2.05) is 24.3 Å². The van der Waals surface area contributed by atoms with E-state index in [1.165, 1.54) is 0 Å². The molecule has 19 heavy (non-hydrogen) atoms. The predicted octanol–water partition coefficient (Wildman–Crippen LogP) is 3.47. The van der Waals surface area contributed by atoms with Gasteiger partial charge in [0.15, 0.2) is 0 Å². The number of ether oxygens (including phenoxy) is 2. The molecule has 1 saturated carbocycles. The summed E-state index contributed by atoms with van der Waals surface area (Å²) in [6.45, 7) is 2.81. The van der Waals surface area contributed by atoms with Crippen molar-refractivity contribution in [2.24, 2.45) is 0 Å². The molecule has 1 N–H and O–H groups in total. The monoisotopic (exact) mass is 264 g/mol. The zero-order chi connectivity index (χ0) is 13.7. The molecule has 1 unspecified atom stereocenters. The van der Waals surface area contributed by atoms with Crippen LogP contribution in [0.4, 0.5) is 0 Å². The van der Waals surface area contributed by atoms with Gasteiger partial charge in [-0.3, -0.25) is 0 Å². The lowest BCUT2D eigenvalue weighted by molar-refractivity contribution is -0.100. The van der Waals surface area contributed by atoms with Crippen LogP contribution in [-0.2, 0) is 4.74 Å². The van der Waals surface area contributed by atoms with Gasteiger partial charge < -0.3 is 14.6 Å². The third-order valence-corrected chi connectivity index (χ3v) is 4.02. The number of methoxy groups -OCH3 is 1. The van der Waals surface area contributed by atoms with Crippen LogP contribution < -0.4 is 4.74 Å². The van der Waals surface area contributed by atoms with Gasteiger partial charge in [0.05, 0.1) is 12.2 Å². The lowest BCUT2D eigenvalue weighted by atomic mass is 9.89. The third kappa shape index (κ3) is 3.10. The molecule has 3 heteroatoms. The molecule has 0 aliphatic heterocycles. The number of aliphatic hydroxyl groups excluding tert-OH is 1. The largest absolute Gasteiger partial charge is 0.494 e. The molecule has 1 aliphatic rings. The number of hydrogen-bond donors (Lipinski definition) is 1. The summed E-state index contributed by atoms with van der Waals surface area (Å²) in [4.78, 5) is 0. The Bertz CT molecular complexity index is 379. The van der Waals surface area contributed by atoms with E-state index in [0.717, 1.165) is 50.0 Å². The maximum atomic E-state index is 10.6. The van der Waals surface area contributed by atoms with Gasteiger partial charge in [-0.2, -0.15) is 0 Å². The maximum Gasteiger partial charge on any atom is 0.119 e. The standard InChI is InChI=1S/C16H24O3/c1-3-12-19-14-8-6-13(7-9-14)15(17)16(18-2)10-4-5-11-16/h6-9,15,17H,3-5,10-12H2,1-2H3. The first-order chi connectivity index (χ1) is 9.22. The molecule has 1 atom stereocenters. The summed E-state index contributed by atoms with van der Waals surface area (Å²) in [6, 6.07) is 7.72. The van der Waals surface area contributed by atoms with E-state index in [2.05, 4.69) is 6.92 Å². The molecule has 0 spiro atoms. The Kier molecular flexibility index (Phi) is 4.83. The van der Waals surface area contributed by atoms with Crippen LogP contribution in [0.25, 0.3) is 0 Å². The molecule has 0 heterocycles. The van der Waals surface area contributed by atoms with E-state index in [1.54, 1.807) is 7.11 Å². The smallest absolute Gasteiger partial charge is 0.119 e. The van der Waals surface area contributed by atoms with E-state index in [4.69, 9.17) is 9.47 Å². The van der Waals surface area contributed by atoms with Gasteiger partial charge in [0, 0.05) is 7.11 Å². The molecule has 0 aromatic heterocycles. The topological polar surface area (TPSA) is 38.7 Å². The summed E-state index contributed by atoms with van der Waals surface area (Å²) in [5.74, 6) is 0.857. The molecule has 1 aliphatic carbocycles. The second-order valence-corrected chi connectivity index (χ2v) is 5.30. The molecule has 0 saturated heterocycles. The van der Waals surface area contributed by atoms with Crippen LogP contribution in [0.5, 0.6) is 5.75 Å². The molecule has 0 bridgehead atoms. The Labute approximate surface area is 115 Å². The molecule has 1 aromatic carbocycles. The van der Waals surface area contributed by atoms with Crippen molar-refractivity contribution < 1.29 is 14.6 Å². The lowest BCUT2D eigenvalue weighted by Gasteiger charge is -2.33. The van der Waals surface area contributed by atoms with E-state index < -0.39 is 11.7 Å². The highest BCUT2D eigenvalue weighted by atomic mass is 16.5. The molecule has 106 valence electrons. The molecular weight excluding hydrogens is 240 g/mol. The summed E-state index contributed by atoms with van der Waals surface area (Å²) in [6.07, 6.45) is 4.56. The van der Waals surface area contributed by atoms with Crippen LogP contribution in [0.3, 0.4) is 0 Å². The summed E-state index contributed by atoms with van der Waals surface area (Å²) in [5, 5.41) is 10.6. The Morgan fingerprint density at radius 1 is 1.21 bits per heavy atom. The average Bonchev–Trinajstić information content (AvgIpc) is 2.95. The second kappa shape index (κ2) is 6.40. The average molecular weight is 264 g/mol. The first kappa shape index (κ1) is 14.4. The molecule has 1 aromatic rings. The van der Waals surface area contributed by atoms with Crippen molar-refractivity contribution in [3.63, 3.8) is 0 Å². The van der Waals surface area contributed by atoms with E-state index in [-0.39, 0.29) is 0 Å². The normalized spacial score (nSPS) is 19.3. The van der Waals surface area contributed by atoms with Crippen molar-refractivity contribution >= 4 is 0 Å². The lowest BCUT2D eigenvalue weighted by Crippen LogP contribution is -2.35.